The summed E-state index contributed by atoms with van der Waals surface area (Å²) in [5, 5.41) is 11.3. The summed E-state index contributed by atoms with van der Waals surface area (Å²) in [5.74, 6) is 0.601. The number of methoxy groups -OCH3 is 1. The number of ether oxygens (including phenoxy) is 2. The second-order valence-corrected chi connectivity index (χ2v) is 11.3. The molecule has 39 heavy (non-hydrogen) atoms. The third-order valence-corrected chi connectivity index (χ3v) is 8.25. The molecule has 5 rings (SSSR count). The molecule has 2 aliphatic heterocycles. The molecule has 7 heteroatoms. The van der Waals surface area contributed by atoms with Crippen molar-refractivity contribution in [1.82, 2.24) is 9.88 Å². The van der Waals surface area contributed by atoms with Crippen LogP contribution in [0.5, 0.6) is 5.75 Å². The van der Waals surface area contributed by atoms with Crippen molar-refractivity contribution in [2.75, 3.05) is 26.7 Å². The first-order valence-corrected chi connectivity index (χ1v) is 13.8. The molecule has 0 spiro atoms. The third kappa shape index (κ3) is 5.60. The minimum Gasteiger partial charge on any atom is -0.487 e. The summed E-state index contributed by atoms with van der Waals surface area (Å²) in [7, 11) is 1.46. The van der Waals surface area contributed by atoms with Crippen molar-refractivity contribution < 1.29 is 19.4 Å². The zero-order chi connectivity index (χ0) is 27.6. The molecule has 1 aromatic heterocycles. The number of aromatic nitrogens is 1. The number of esters is 1. The Kier molecular flexibility index (Phi) is 7.81. The van der Waals surface area contributed by atoms with Crippen LogP contribution in [0, 0.1) is 0 Å². The van der Waals surface area contributed by atoms with E-state index >= 15 is 0 Å². The molecule has 0 atom stereocenters. The van der Waals surface area contributed by atoms with Crippen molar-refractivity contribution in [3.05, 3.63) is 99.8 Å². The number of hydrogen-bond donors (Lipinski definition) is 1. The number of likely N-dealkylation sites (tertiary alicyclic amines) is 1. The molecule has 2 aliphatic rings. The van der Waals surface area contributed by atoms with E-state index in [1.165, 1.54) is 7.11 Å². The fourth-order valence-corrected chi connectivity index (χ4v) is 5.81. The summed E-state index contributed by atoms with van der Waals surface area (Å²) in [4.78, 5) is 19.9. The predicted molar refractivity (Wildman–Crippen MR) is 153 cm³/mol. The zero-order valence-corrected chi connectivity index (χ0v) is 23.5. The smallest absolute Gasteiger partial charge is 0.316 e. The van der Waals surface area contributed by atoms with Gasteiger partial charge in [-0.25, -0.2) is 0 Å². The van der Waals surface area contributed by atoms with Crippen molar-refractivity contribution in [1.29, 1.82) is 0 Å². The van der Waals surface area contributed by atoms with Gasteiger partial charge in [0, 0.05) is 28.9 Å². The number of benzene rings is 2. The molecule has 1 N–H and O–H groups in total. The number of rotatable bonds is 6. The number of carbonyl (C=O) groups is 1. The normalized spacial score (nSPS) is 18.0. The molecule has 6 nitrogen and oxygen atoms in total. The highest BCUT2D eigenvalue weighted by Crippen LogP contribution is 2.40. The highest BCUT2D eigenvalue weighted by Gasteiger charge is 2.43. The molecule has 0 amide bonds. The van der Waals surface area contributed by atoms with Gasteiger partial charge in [0.2, 0.25) is 0 Å². The number of piperidine rings is 1. The van der Waals surface area contributed by atoms with E-state index in [1.807, 2.05) is 48.5 Å². The Labute approximate surface area is 235 Å². The highest BCUT2D eigenvalue weighted by molar-refractivity contribution is 6.30. The zero-order valence-electron chi connectivity index (χ0n) is 22.7. The Morgan fingerprint density at radius 1 is 1.15 bits per heavy atom. The SMILES string of the molecule is COC(=O)C1(c2ccc(Cl)cc2)CCN(CCC=C2c3cc(C(C)(C)O)ccc3OCc3ncccc32)CC1. The lowest BCUT2D eigenvalue weighted by atomic mass is 9.72. The number of fused-ring (bicyclic) bond motifs is 2. The van der Waals surface area contributed by atoms with E-state index in [4.69, 9.17) is 21.1 Å². The van der Waals surface area contributed by atoms with Gasteiger partial charge in [-0.2, -0.15) is 0 Å². The quantitative estimate of drug-likeness (QED) is 0.389. The number of hydrogen-bond acceptors (Lipinski definition) is 6. The molecule has 3 aromatic rings. The van der Waals surface area contributed by atoms with E-state index in [0.717, 1.165) is 65.3 Å². The largest absolute Gasteiger partial charge is 0.487 e. The van der Waals surface area contributed by atoms with Crippen LogP contribution in [-0.2, 0) is 27.2 Å². The molecule has 2 aromatic carbocycles. The number of pyridine rings is 1. The maximum atomic E-state index is 12.9. The maximum absolute atomic E-state index is 12.9. The van der Waals surface area contributed by atoms with E-state index < -0.39 is 11.0 Å². The van der Waals surface area contributed by atoms with Gasteiger partial charge >= 0.3 is 5.97 Å². The Morgan fingerprint density at radius 3 is 2.59 bits per heavy atom. The van der Waals surface area contributed by atoms with Crippen molar-refractivity contribution in [3.63, 3.8) is 0 Å². The van der Waals surface area contributed by atoms with Crippen LogP contribution in [0.2, 0.25) is 5.02 Å². The van der Waals surface area contributed by atoms with Crippen molar-refractivity contribution in [3.8, 4) is 5.75 Å². The second kappa shape index (κ2) is 11.1. The fraction of sp³-hybridized carbons (Fsp3) is 0.375. The first-order chi connectivity index (χ1) is 18.7. The van der Waals surface area contributed by atoms with Gasteiger partial charge < -0.3 is 19.5 Å². The average molecular weight is 547 g/mol. The summed E-state index contributed by atoms with van der Waals surface area (Å²) >= 11 is 6.10. The second-order valence-electron chi connectivity index (χ2n) is 10.9. The van der Waals surface area contributed by atoms with Crippen LogP contribution < -0.4 is 4.74 Å². The summed E-state index contributed by atoms with van der Waals surface area (Å²) in [6.45, 7) is 6.43. The Hall–Kier alpha value is -3.19. The monoisotopic (exact) mass is 546 g/mol. The van der Waals surface area contributed by atoms with Gasteiger partial charge in [-0.3, -0.25) is 9.78 Å². The Morgan fingerprint density at radius 2 is 1.90 bits per heavy atom. The number of nitrogens with zero attached hydrogens (tertiary/aromatic N) is 2. The summed E-state index contributed by atoms with van der Waals surface area (Å²) in [5.41, 5.74) is 4.16. The molecule has 1 saturated heterocycles. The van der Waals surface area contributed by atoms with E-state index in [0.29, 0.717) is 24.5 Å². The van der Waals surface area contributed by atoms with Crippen LogP contribution in [0.4, 0.5) is 0 Å². The molecule has 0 bridgehead atoms. The predicted octanol–water partition coefficient (Wildman–Crippen LogP) is 5.88. The van der Waals surface area contributed by atoms with E-state index in [2.05, 4.69) is 22.0 Å². The Balaban J connectivity index is 1.37. The number of aliphatic hydroxyl groups is 1. The minimum atomic E-state index is -0.964. The molecule has 1 fully saturated rings. The van der Waals surface area contributed by atoms with Crippen LogP contribution in [0.25, 0.3) is 5.57 Å². The van der Waals surface area contributed by atoms with Crippen LogP contribution in [0.1, 0.15) is 61.1 Å². The molecular formula is C32H35ClN2O4. The van der Waals surface area contributed by atoms with Crippen LogP contribution in [0.15, 0.2) is 66.9 Å². The summed E-state index contributed by atoms with van der Waals surface area (Å²) in [6.07, 6.45) is 6.25. The van der Waals surface area contributed by atoms with Gasteiger partial charge in [-0.15, -0.1) is 0 Å². The molecule has 0 aliphatic carbocycles. The van der Waals surface area contributed by atoms with Crippen molar-refractivity contribution >= 4 is 23.1 Å². The molecule has 0 radical (unpaired) electrons. The van der Waals surface area contributed by atoms with Gasteiger partial charge in [0.25, 0.3) is 0 Å². The van der Waals surface area contributed by atoms with E-state index in [9.17, 15) is 9.90 Å². The molecule has 204 valence electrons. The average Bonchev–Trinajstić information content (AvgIpc) is 3.09. The number of carbonyl (C=O) groups excluding carboxylic acids is 1. The van der Waals surface area contributed by atoms with Gasteiger partial charge in [0.1, 0.15) is 12.4 Å². The van der Waals surface area contributed by atoms with Crippen molar-refractivity contribution in [2.45, 2.75) is 50.7 Å². The van der Waals surface area contributed by atoms with Crippen molar-refractivity contribution in [2.24, 2.45) is 0 Å². The molecule has 3 heterocycles. The molecule has 0 unspecified atom stereocenters. The van der Waals surface area contributed by atoms with Crippen LogP contribution >= 0.6 is 11.6 Å². The highest BCUT2D eigenvalue weighted by atomic mass is 35.5. The van der Waals surface area contributed by atoms with Gasteiger partial charge in [0.15, 0.2) is 0 Å². The maximum Gasteiger partial charge on any atom is 0.316 e. The standard InChI is InChI=1S/C32H35ClN2O4/c1-31(2,37)23-10-13-29-27(20-23)25(26-6-4-16-34-28(26)21-39-29)7-5-17-35-18-14-32(15-19-35,30(36)38-3)22-8-11-24(33)12-9-22/h4,6-13,16,20,37H,5,14-15,17-19,21H2,1-3H3. The van der Waals surface area contributed by atoms with E-state index in [-0.39, 0.29) is 5.97 Å². The van der Waals surface area contributed by atoms with Gasteiger partial charge in [-0.05, 0) is 93.2 Å². The molecule has 0 saturated carbocycles. The lowest BCUT2D eigenvalue weighted by Crippen LogP contribution is -2.48. The third-order valence-electron chi connectivity index (χ3n) is 8.00. The Bertz CT molecular complexity index is 1370. The minimum absolute atomic E-state index is 0.187. The lowest BCUT2D eigenvalue weighted by Gasteiger charge is -2.40. The van der Waals surface area contributed by atoms with Gasteiger partial charge in [0.05, 0.1) is 23.8 Å². The fourth-order valence-electron chi connectivity index (χ4n) is 5.68. The first-order valence-electron chi connectivity index (χ1n) is 13.4. The number of halogens is 1. The summed E-state index contributed by atoms with van der Waals surface area (Å²) < 4.78 is 11.4. The van der Waals surface area contributed by atoms with E-state index in [1.54, 1.807) is 20.0 Å². The molecular weight excluding hydrogens is 512 g/mol. The van der Waals surface area contributed by atoms with Crippen LogP contribution in [0.3, 0.4) is 0 Å². The summed E-state index contributed by atoms with van der Waals surface area (Å²) in [6, 6.07) is 17.5. The lowest BCUT2D eigenvalue weighted by molar-refractivity contribution is -0.149. The first kappa shape index (κ1) is 27.4. The topological polar surface area (TPSA) is 71.9 Å². The van der Waals surface area contributed by atoms with Crippen LogP contribution in [-0.4, -0.2) is 47.7 Å². The van der Waals surface area contributed by atoms with Gasteiger partial charge in [-0.1, -0.05) is 41.9 Å².